The van der Waals surface area contributed by atoms with Crippen molar-refractivity contribution < 1.29 is 4.79 Å². The monoisotopic (exact) mass is 216 g/mol. The van der Waals surface area contributed by atoms with E-state index in [2.05, 4.69) is 11.4 Å². The van der Waals surface area contributed by atoms with Crippen LogP contribution in [0.25, 0.3) is 0 Å². The molecule has 3 rings (SSSR count). The fourth-order valence-corrected chi connectivity index (χ4v) is 3.08. The summed E-state index contributed by atoms with van der Waals surface area (Å²) in [6.45, 7) is 2.23. The molecule has 1 amide bonds. The molecule has 2 aliphatic rings. The fraction of sp³-hybridized carbons (Fsp3) is 0.462. The standard InChI is InChI=1S/C13H16N2O/c14-12(16)9-1-2-10-6-13(3-4-15-8-13)7-11(10)5-9/h1-2,5,15H,3-4,6-8H2,(H2,14,16). The van der Waals surface area contributed by atoms with Gasteiger partial charge in [0.1, 0.15) is 0 Å². The maximum absolute atomic E-state index is 11.1. The Hall–Kier alpha value is -1.35. The molecule has 1 aromatic rings. The van der Waals surface area contributed by atoms with Crippen molar-refractivity contribution in [1.29, 1.82) is 0 Å². The van der Waals surface area contributed by atoms with E-state index in [9.17, 15) is 4.79 Å². The lowest BCUT2D eigenvalue weighted by Crippen LogP contribution is -2.24. The molecule has 3 N–H and O–H groups in total. The highest BCUT2D eigenvalue weighted by Crippen LogP contribution is 2.41. The van der Waals surface area contributed by atoms with Crippen LogP contribution in [0.4, 0.5) is 0 Å². The van der Waals surface area contributed by atoms with Gasteiger partial charge in [-0.15, -0.1) is 0 Å². The number of amides is 1. The van der Waals surface area contributed by atoms with Crippen molar-refractivity contribution in [1.82, 2.24) is 5.32 Å². The first-order valence-corrected chi connectivity index (χ1v) is 5.81. The molecule has 0 saturated carbocycles. The molecule has 84 valence electrons. The van der Waals surface area contributed by atoms with E-state index in [0.29, 0.717) is 11.0 Å². The van der Waals surface area contributed by atoms with Crippen molar-refractivity contribution >= 4 is 5.91 Å². The quantitative estimate of drug-likeness (QED) is 0.731. The third-order valence-corrected chi connectivity index (χ3v) is 3.95. The van der Waals surface area contributed by atoms with Gasteiger partial charge in [-0.1, -0.05) is 6.07 Å². The summed E-state index contributed by atoms with van der Waals surface area (Å²) in [6, 6.07) is 5.90. The summed E-state index contributed by atoms with van der Waals surface area (Å²) in [5.41, 5.74) is 9.07. The van der Waals surface area contributed by atoms with Gasteiger partial charge in [0.05, 0.1) is 0 Å². The Labute approximate surface area is 95.0 Å². The van der Waals surface area contributed by atoms with Crippen molar-refractivity contribution in [2.75, 3.05) is 13.1 Å². The van der Waals surface area contributed by atoms with Crippen molar-refractivity contribution in [3.63, 3.8) is 0 Å². The van der Waals surface area contributed by atoms with E-state index < -0.39 is 0 Å². The SMILES string of the molecule is NC(=O)c1ccc2c(c1)CC1(CCNC1)C2. The van der Waals surface area contributed by atoms with Crippen molar-refractivity contribution in [3.8, 4) is 0 Å². The van der Waals surface area contributed by atoms with Crippen LogP contribution in [0, 0.1) is 5.41 Å². The number of carbonyl (C=O) groups is 1. The van der Waals surface area contributed by atoms with Crippen LogP contribution in [-0.4, -0.2) is 19.0 Å². The van der Waals surface area contributed by atoms with E-state index >= 15 is 0 Å². The number of hydrogen-bond donors (Lipinski definition) is 2. The van der Waals surface area contributed by atoms with Gasteiger partial charge in [-0.2, -0.15) is 0 Å². The molecule has 1 fully saturated rings. The Morgan fingerprint density at radius 2 is 2.12 bits per heavy atom. The lowest BCUT2D eigenvalue weighted by atomic mass is 9.84. The number of benzene rings is 1. The fourth-order valence-electron chi connectivity index (χ4n) is 3.08. The highest BCUT2D eigenvalue weighted by Gasteiger charge is 2.39. The van der Waals surface area contributed by atoms with Crippen LogP contribution in [0.3, 0.4) is 0 Å². The van der Waals surface area contributed by atoms with Crippen LogP contribution in [0.5, 0.6) is 0 Å². The third kappa shape index (κ3) is 1.43. The lowest BCUT2D eigenvalue weighted by molar-refractivity contribution is 0.1000. The van der Waals surface area contributed by atoms with Crippen LogP contribution < -0.4 is 11.1 Å². The molecule has 0 radical (unpaired) electrons. The zero-order valence-corrected chi connectivity index (χ0v) is 9.25. The minimum Gasteiger partial charge on any atom is -0.366 e. The van der Waals surface area contributed by atoms with Gasteiger partial charge in [-0.3, -0.25) is 4.79 Å². The van der Waals surface area contributed by atoms with E-state index in [0.717, 1.165) is 25.9 Å². The molecule has 1 atom stereocenters. The zero-order valence-electron chi connectivity index (χ0n) is 9.25. The maximum Gasteiger partial charge on any atom is 0.248 e. The van der Waals surface area contributed by atoms with E-state index in [1.54, 1.807) is 0 Å². The summed E-state index contributed by atoms with van der Waals surface area (Å²) in [6.07, 6.45) is 3.48. The average molecular weight is 216 g/mol. The van der Waals surface area contributed by atoms with E-state index in [4.69, 9.17) is 5.73 Å². The Morgan fingerprint density at radius 3 is 2.81 bits per heavy atom. The van der Waals surface area contributed by atoms with Gasteiger partial charge >= 0.3 is 0 Å². The molecule has 1 unspecified atom stereocenters. The van der Waals surface area contributed by atoms with Crippen LogP contribution in [0.1, 0.15) is 27.9 Å². The molecule has 3 heteroatoms. The second-order valence-electron chi connectivity index (χ2n) is 5.13. The first-order valence-electron chi connectivity index (χ1n) is 5.81. The van der Waals surface area contributed by atoms with Crippen LogP contribution in [0.15, 0.2) is 18.2 Å². The summed E-state index contributed by atoms with van der Waals surface area (Å²) in [5.74, 6) is -0.326. The highest BCUT2D eigenvalue weighted by molar-refractivity contribution is 5.93. The molecule has 1 heterocycles. The molecule has 1 spiro atoms. The van der Waals surface area contributed by atoms with Gasteiger partial charge < -0.3 is 11.1 Å². The Balaban J connectivity index is 1.94. The summed E-state index contributed by atoms with van der Waals surface area (Å²) in [7, 11) is 0. The van der Waals surface area contributed by atoms with Gasteiger partial charge in [0, 0.05) is 12.1 Å². The van der Waals surface area contributed by atoms with Crippen LogP contribution in [-0.2, 0) is 12.8 Å². The van der Waals surface area contributed by atoms with E-state index in [1.807, 2.05) is 12.1 Å². The number of rotatable bonds is 1. The second-order valence-corrected chi connectivity index (χ2v) is 5.13. The Kier molecular flexibility index (Phi) is 2.04. The van der Waals surface area contributed by atoms with E-state index in [-0.39, 0.29) is 5.91 Å². The molecule has 1 aromatic carbocycles. The molecule has 0 bridgehead atoms. The Morgan fingerprint density at radius 1 is 1.31 bits per heavy atom. The molecule has 1 aliphatic carbocycles. The zero-order chi connectivity index (χ0) is 11.2. The summed E-state index contributed by atoms with van der Waals surface area (Å²) < 4.78 is 0. The Bertz CT molecular complexity index is 447. The average Bonchev–Trinajstić information content (AvgIpc) is 2.84. The normalized spacial score (nSPS) is 27.2. The maximum atomic E-state index is 11.1. The molecule has 16 heavy (non-hydrogen) atoms. The lowest BCUT2D eigenvalue weighted by Gasteiger charge is -2.20. The molecule has 1 saturated heterocycles. The van der Waals surface area contributed by atoms with Crippen molar-refractivity contribution in [2.45, 2.75) is 19.3 Å². The van der Waals surface area contributed by atoms with Crippen molar-refractivity contribution in [2.24, 2.45) is 11.1 Å². The van der Waals surface area contributed by atoms with Gasteiger partial charge in [-0.25, -0.2) is 0 Å². The number of carbonyl (C=O) groups excluding carboxylic acids is 1. The summed E-state index contributed by atoms with van der Waals surface area (Å²) in [4.78, 5) is 11.1. The summed E-state index contributed by atoms with van der Waals surface area (Å²) >= 11 is 0. The summed E-state index contributed by atoms with van der Waals surface area (Å²) in [5, 5.41) is 3.44. The minimum absolute atomic E-state index is 0.326. The molecule has 3 nitrogen and oxygen atoms in total. The number of fused-ring (bicyclic) bond motifs is 1. The van der Waals surface area contributed by atoms with Crippen molar-refractivity contribution in [3.05, 3.63) is 34.9 Å². The number of nitrogens with one attached hydrogen (secondary N) is 1. The molecular weight excluding hydrogens is 200 g/mol. The highest BCUT2D eigenvalue weighted by atomic mass is 16.1. The predicted molar refractivity (Wildman–Crippen MR) is 62.3 cm³/mol. The first kappa shape index (κ1) is 9.85. The number of nitrogens with two attached hydrogens (primary N) is 1. The predicted octanol–water partition coefficient (Wildman–Crippen LogP) is 0.864. The minimum atomic E-state index is -0.326. The van der Waals surface area contributed by atoms with Gasteiger partial charge in [0.25, 0.3) is 0 Å². The van der Waals surface area contributed by atoms with Gasteiger partial charge in [0.15, 0.2) is 0 Å². The van der Waals surface area contributed by atoms with Crippen LogP contribution in [0.2, 0.25) is 0 Å². The number of primary amides is 1. The third-order valence-electron chi connectivity index (χ3n) is 3.95. The molecule has 0 aromatic heterocycles. The van der Waals surface area contributed by atoms with E-state index in [1.165, 1.54) is 17.5 Å². The molecular formula is C13H16N2O. The number of hydrogen-bond acceptors (Lipinski definition) is 2. The first-order chi connectivity index (χ1) is 7.69. The van der Waals surface area contributed by atoms with Gasteiger partial charge in [-0.05, 0) is 54.5 Å². The topological polar surface area (TPSA) is 55.1 Å². The smallest absolute Gasteiger partial charge is 0.248 e. The molecule has 1 aliphatic heterocycles. The largest absolute Gasteiger partial charge is 0.366 e. The second kappa shape index (κ2) is 3.32. The van der Waals surface area contributed by atoms with Gasteiger partial charge in [0.2, 0.25) is 5.91 Å². The van der Waals surface area contributed by atoms with Crippen LogP contribution >= 0.6 is 0 Å².